The molecule has 2 aromatic carbocycles. The number of rotatable bonds is 17. The predicted octanol–water partition coefficient (Wildman–Crippen LogP) is 6.13. The zero-order valence-electron chi connectivity index (χ0n) is 32.6. The van der Waals surface area contributed by atoms with E-state index in [2.05, 4.69) is 17.6 Å². The van der Waals surface area contributed by atoms with Crippen LogP contribution < -0.4 is 15.4 Å². The first-order valence-corrected chi connectivity index (χ1v) is 18.9. The molecule has 0 radical (unpaired) electrons. The van der Waals surface area contributed by atoms with Gasteiger partial charge in [0.05, 0.1) is 24.4 Å². The van der Waals surface area contributed by atoms with Crippen LogP contribution in [0.25, 0.3) is 6.08 Å². The Balaban J connectivity index is 1.45. The highest BCUT2D eigenvalue weighted by Gasteiger charge is 2.58. The van der Waals surface area contributed by atoms with Crippen molar-refractivity contribution in [3.63, 3.8) is 0 Å². The van der Waals surface area contributed by atoms with Gasteiger partial charge in [-0.1, -0.05) is 45.1 Å². The van der Waals surface area contributed by atoms with Crippen molar-refractivity contribution in [2.75, 3.05) is 11.9 Å². The van der Waals surface area contributed by atoms with E-state index in [1.54, 1.807) is 45.0 Å². The van der Waals surface area contributed by atoms with Crippen molar-refractivity contribution >= 4 is 29.5 Å². The zero-order valence-corrected chi connectivity index (χ0v) is 32.6. The predicted molar refractivity (Wildman–Crippen MR) is 203 cm³/mol. The number of hydrogen-bond acceptors (Lipinski definition) is 11. The maximum atomic E-state index is 14.0. The summed E-state index contributed by atoms with van der Waals surface area (Å²) < 4.78 is 29.8. The second-order valence-corrected chi connectivity index (χ2v) is 15.7. The fourth-order valence-electron chi connectivity index (χ4n) is 6.72. The van der Waals surface area contributed by atoms with Crippen molar-refractivity contribution in [3.8, 4) is 17.2 Å². The lowest BCUT2D eigenvalue weighted by molar-refractivity contribution is -0.177. The molecular weight excluding hydrogens is 696 g/mol. The molecule has 0 spiro atoms. The Morgan fingerprint density at radius 2 is 1.65 bits per heavy atom. The number of aromatic hydroxyl groups is 2. The van der Waals surface area contributed by atoms with E-state index >= 15 is 0 Å². The number of ether oxygens (including phenoxy) is 5. The lowest BCUT2D eigenvalue weighted by atomic mass is 9.78. The third kappa shape index (κ3) is 12.4. The number of aliphatic hydroxyl groups is 1. The van der Waals surface area contributed by atoms with E-state index in [0.717, 1.165) is 18.9 Å². The highest BCUT2D eigenvalue weighted by molar-refractivity contribution is 5.99. The van der Waals surface area contributed by atoms with Crippen LogP contribution >= 0.6 is 0 Å². The standard InChI is InChI=1S/C41H58N2O11/c1-8-9-10-11-12-13-22-50-29-18-16-28(17-19-29)42-37(47)35(26(2)52-39(3,4)5)43-38(48)41(49)24-32(36-33(25-41)53-40(6,7)54-36)51-34(46)21-15-27-14-20-30(44)31(45)23-27/h14-21,23,26,32-33,35-36,44-45,49H,8-13,22,24-25H2,1-7H3,(H,42,47)(H,43,48)/b21-15+/t26?,32-,33-,35?,36+,41-/m1/s1. The highest BCUT2D eigenvalue weighted by Crippen LogP contribution is 2.42. The maximum absolute atomic E-state index is 14.0. The Bertz CT molecular complexity index is 1600. The van der Waals surface area contributed by atoms with Crippen LogP contribution in [-0.4, -0.2) is 87.2 Å². The highest BCUT2D eigenvalue weighted by atomic mass is 16.8. The van der Waals surface area contributed by atoms with Gasteiger partial charge in [-0.25, -0.2) is 4.79 Å². The minimum atomic E-state index is -2.13. The Kier molecular flexibility index (Phi) is 14.5. The monoisotopic (exact) mass is 754 g/mol. The van der Waals surface area contributed by atoms with Gasteiger partial charge in [-0.15, -0.1) is 0 Å². The second-order valence-electron chi connectivity index (χ2n) is 15.7. The van der Waals surface area contributed by atoms with Crippen LogP contribution in [-0.2, 0) is 33.3 Å². The molecular formula is C41H58N2O11. The quantitative estimate of drug-likeness (QED) is 0.0542. The summed E-state index contributed by atoms with van der Waals surface area (Å²) in [5.74, 6) is -3.30. The van der Waals surface area contributed by atoms with Gasteiger partial charge in [0.2, 0.25) is 5.91 Å². The van der Waals surface area contributed by atoms with E-state index in [0.29, 0.717) is 23.6 Å². The summed E-state index contributed by atoms with van der Waals surface area (Å²) >= 11 is 0. The SMILES string of the molecule is CCCCCCCCOc1ccc(NC(=O)C(NC(=O)[C@@]2(O)C[C@@H](OC(=O)/C=C/c3ccc(O)c(O)c3)[C@@H]3OC(C)(C)O[C@@H]3C2)C(C)OC(C)(C)C)cc1. The van der Waals surface area contributed by atoms with Crippen LogP contribution in [0.5, 0.6) is 17.2 Å². The van der Waals surface area contributed by atoms with Gasteiger partial charge >= 0.3 is 5.97 Å². The van der Waals surface area contributed by atoms with Crippen molar-refractivity contribution in [1.82, 2.24) is 5.32 Å². The second kappa shape index (κ2) is 18.4. The van der Waals surface area contributed by atoms with Crippen molar-refractivity contribution in [1.29, 1.82) is 0 Å². The topological polar surface area (TPSA) is 182 Å². The number of phenols is 2. The first-order valence-electron chi connectivity index (χ1n) is 18.9. The summed E-state index contributed by atoms with van der Waals surface area (Å²) in [4.78, 5) is 40.8. The van der Waals surface area contributed by atoms with E-state index in [1.165, 1.54) is 50.0 Å². The smallest absolute Gasteiger partial charge is 0.331 e. The number of hydrogen-bond donors (Lipinski definition) is 5. The van der Waals surface area contributed by atoms with Gasteiger partial charge in [0, 0.05) is 24.6 Å². The third-order valence-electron chi connectivity index (χ3n) is 9.23. The number of esters is 1. The summed E-state index contributed by atoms with van der Waals surface area (Å²) in [7, 11) is 0. The molecule has 2 aliphatic rings. The van der Waals surface area contributed by atoms with Crippen molar-refractivity contribution in [3.05, 3.63) is 54.1 Å². The molecule has 13 heteroatoms. The van der Waals surface area contributed by atoms with Gasteiger partial charge in [0.1, 0.15) is 29.6 Å². The number of unbranched alkanes of at least 4 members (excludes halogenated alkanes) is 5. The molecule has 6 atom stereocenters. The summed E-state index contributed by atoms with van der Waals surface area (Å²) in [6, 6.07) is 9.79. The van der Waals surface area contributed by atoms with Gasteiger partial charge in [0.25, 0.3) is 5.91 Å². The van der Waals surface area contributed by atoms with Crippen LogP contribution in [0.15, 0.2) is 48.5 Å². The van der Waals surface area contributed by atoms with Gasteiger partial charge < -0.3 is 49.6 Å². The van der Waals surface area contributed by atoms with E-state index < -0.39 is 65.2 Å². The fourth-order valence-corrected chi connectivity index (χ4v) is 6.72. The van der Waals surface area contributed by atoms with E-state index in [9.17, 15) is 29.7 Å². The summed E-state index contributed by atoms with van der Waals surface area (Å²) in [5.41, 5.74) is -1.89. The number of anilines is 1. The number of nitrogens with one attached hydrogen (secondary N) is 2. The largest absolute Gasteiger partial charge is 0.504 e. The molecule has 1 saturated carbocycles. The Morgan fingerprint density at radius 1 is 0.963 bits per heavy atom. The molecule has 5 N–H and O–H groups in total. The zero-order chi connectivity index (χ0) is 39.7. The average molecular weight is 755 g/mol. The molecule has 54 heavy (non-hydrogen) atoms. The molecule has 1 saturated heterocycles. The fraction of sp³-hybridized carbons (Fsp3) is 0.585. The molecule has 1 aliphatic heterocycles. The van der Waals surface area contributed by atoms with Gasteiger partial charge in [-0.2, -0.15) is 0 Å². The number of carbonyl (C=O) groups excluding carboxylic acids is 3. The minimum absolute atomic E-state index is 0.188. The first kappa shape index (κ1) is 42.6. The lowest BCUT2D eigenvalue weighted by Crippen LogP contribution is -2.62. The van der Waals surface area contributed by atoms with E-state index in [4.69, 9.17) is 23.7 Å². The van der Waals surface area contributed by atoms with Gasteiger partial charge in [-0.05, 0) is 96.0 Å². The van der Waals surface area contributed by atoms with Gasteiger partial charge in [0.15, 0.2) is 17.3 Å². The molecule has 2 aromatic rings. The third-order valence-corrected chi connectivity index (χ3v) is 9.23. The Morgan fingerprint density at radius 3 is 2.31 bits per heavy atom. The molecule has 1 heterocycles. The first-order chi connectivity index (χ1) is 25.4. The van der Waals surface area contributed by atoms with Crippen LogP contribution in [0.3, 0.4) is 0 Å². The van der Waals surface area contributed by atoms with Crippen LogP contribution in [0.1, 0.15) is 105 Å². The van der Waals surface area contributed by atoms with Crippen molar-refractivity contribution in [2.24, 2.45) is 0 Å². The average Bonchev–Trinajstić information content (AvgIpc) is 3.40. The molecule has 2 amide bonds. The molecule has 4 rings (SSSR count). The molecule has 2 unspecified atom stereocenters. The molecule has 1 aliphatic carbocycles. The number of phenolic OH excluding ortho intramolecular Hbond substituents is 2. The number of fused-ring (bicyclic) bond motifs is 1. The Labute approximate surface area is 318 Å². The number of carbonyl (C=O) groups is 3. The lowest BCUT2D eigenvalue weighted by Gasteiger charge is -2.41. The summed E-state index contributed by atoms with van der Waals surface area (Å²) in [5, 5.41) is 36.8. The molecule has 0 bridgehead atoms. The maximum Gasteiger partial charge on any atom is 0.331 e. The van der Waals surface area contributed by atoms with Crippen LogP contribution in [0.4, 0.5) is 5.69 Å². The van der Waals surface area contributed by atoms with Crippen molar-refractivity contribution in [2.45, 2.75) is 147 Å². The number of benzene rings is 2. The normalized spacial score (nSPS) is 23.3. The van der Waals surface area contributed by atoms with E-state index in [1.807, 2.05) is 20.8 Å². The molecule has 0 aromatic heterocycles. The summed E-state index contributed by atoms with van der Waals surface area (Å²) in [6.07, 6.45) is 5.39. The van der Waals surface area contributed by atoms with E-state index in [-0.39, 0.29) is 24.3 Å². The number of amides is 2. The molecule has 2 fully saturated rings. The summed E-state index contributed by atoms with van der Waals surface area (Å²) in [6.45, 7) is 13.3. The Hall–Kier alpha value is -4.17. The van der Waals surface area contributed by atoms with Crippen molar-refractivity contribution < 1.29 is 53.4 Å². The molecule has 13 nitrogen and oxygen atoms in total. The van der Waals surface area contributed by atoms with Gasteiger partial charge in [-0.3, -0.25) is 9.59 Å². The van der Waals surface area contributed by atoms with Crippen LogP contribution in [0, 0.1) is 0 Å². The van der Waals surface area contributed by atoms with Crippen LogP contribution in [0.2, 0.25) is 0 Å². The molecule has 298 valence electrons. The minimum Gasteiger partial charge on any atom is -0.504 e.